The Morgan fingerprint density at radius 3 is 2.29 bits per heavy atom. The lowest BCUT2D eigenvalue weighted by Gasteiger charge is -2.18. The molecule has 0 spiro atoms. The molecule has 4 nitrogen and oxygen atoms in total. The molecule has 0 fully saturated rings. The number of ether oxygens (including phenoxy) is 2. The van der Waals surface area contributed by atoms with E-state index in [-0.39, 0.29) is 29.9 Å². The van der Waals surface area contributed by atoms with Gasteiger partial charge in [-0.2, -0.15) is 0 Å². The van der Waals surface area contributed by atoms with Crippen molar-refractivity contribution < 1.29 is 19.1 Å². The van der Waals surface area contributed by atoms with Crippen LogP contribution in [-0.4, -0.2) is 24.6 Å². The second-order valence-corrected chi connectivity index (χ2v) is 6.09. The number of allylic oxidation sites excluding steroid dienone is 1. The van der Waals surface area contributed by atoms with E-state index in [2.05, 4.69) is 13.5 Å². The summed E-state index contributed by atoms with van der Waals surface area (Å²) in [5.41, 5.74) is 0. The minimum atomic E-state index is -0.188. The highest BCUT2D eigenvalue weighted by molar-refractivity contribution is 5.72. The minimum absolute atomic E-state index is 0.0569. The van der Waals surface area contributed by atoms with E-state index < -0.39 is 0 Å². The lowest BCUT2D eigenvalue weighted by Crippen LogP contribution is -2.22. The molecule has 0 rings (SSSR count). The van der Waals surface area contributed by atoms with E-state index in [9.17, 15) is 9.59 Å². The number of rotatable bonds is 13. The van der Waals surface area contributed by atoms with Gasteiger partial charge in [-0.3, -0.25) is 9.59 Å². The van der Waals surface area contributed by atoms with Crippen LogP contribution in [0.1, 0.15) is 66.2 Å². The smallest absolute Gasteiger partial charge is 0.309 e. The molecule has 138 valence electrons. The van der Waals surface area contributed by atoms with Crippen LogP contribution in [0.2, 0.25) is 0 Å². The summed E-state index contributed by atoms with van der Waals surface area (Å²) >= 11 is 0. The van der Waals surface area contributed by atoms with Gasteiger partial charge in [0.25, 0.3) is 0 Å². The Hall–Kier alpha value is -1.58. The molecule has 0 aromatic carbocycles. The fourth-order valence-corrected chi connectivity index (χ4v) is 2.17. The molecule has 3 unspecified atom stereocenters. The molecule has 24 heavy (non-hydrogen) atoms. The maximum Gasteiger partial charge on any atom is 0.309 e. The summed E-state index contributed by atoms with van der Waals surface area (Å²) in [5.74, 6) is -0.466. The molecule has 0 heterocycles. The third kappa shape index (κ3) is 9.53. The molecule has 0 N–H and O–H groups in total. The van der Waals surface area contributed by atoms with E-state index in [1.54, 1.807) is 6.08 Å². The van der Waals surface area contributed by atoms with Crippen LogP contribution in [0, 0.1) is 11.8 Å². The van der Waals surface area contributed by atoms with Crippen LogP contribution in [0.4, 0.5) is 0 Å². The van der Waals surface area contributed by atoms with Gasteiger partial charge in [-0.15, -0.1) is 0 Å². The van der Waals surface area contributed by atoms with Crippen molar-refractivity contribution in [3.63, 3.8) is 0 Å². The number of carbonyl (C=O) groups excluding carboxylic acids is 2. The topological polar surface area (TPSA) is 52.6 Å². The Balaban J connectivity index is 4.12. The van der Waals surface area contributed by atoms with Crippen molar-refractivity contribution in [3.8, 4) is 0 Å². The van der Waals surface area contributed by atoms with Gasteiger partial charge in [0.2, 0.25) is 0 Å². The van der Waals surface area contributed by atoms with Gasteiger partial charge in [-0.05, 0) is 32.1 Å². The van der Waals surface area contributed by atoms with Crippen molar-refractivity contribution >= 4 is 11.9 Å². The molecular weight excluding hydrogens is 304 g/mol. The van der Waals surface area contributed by atoms with Crippen molar-refractivity contribution in [3.05, 3.63) is 24.8 Å². The van der Waals surface area contributed by atoms with Crippen LogP contribution in [0.15, 0.2) is 24.8 Å². The van der Waals surface area contributed by atoms with E-state index in [4.69, 9.17) is 9.47 Å². The SMILES string of the molecule is C=CC(CCC)OC(=O)C(CC)CC/C=C/COC(=O)C(C)CC. The lowest BCUT2D eigenvalue weighted by atomic mass is 10.0. The van der Waals surface area contributed by atoms with Crippen molar-refractivity contribution in [1.29, 1.82) is 0 Å². The molecule has 3 atom stereocenters. The van der Waals surface area contributed by atoms with Gasteiger partial charge in [0.15, 0.2) is 0 Å². The quantitative estimate of drug-likeness (QED) is 0.356. The van der Waals surface area contributed by atoms with Gasteiger partial charge in [-0.25, -0.2) is 0 Å². The molecule has 0 radical (unpaired) electrons. The maximum absolute atomic E-state index is 12.2. The Kier molecular flexibility index (Phi) is 12.9. The minimum Gasteiger partial charge on any atom is -0.461 e. The summed E-state index contributed by atoms with van der Waals surface area (Å²) in [5, 5.41) is 0. The third-order valence-electron chi connectivity index (χ3n) is 4.11. The first-order valence-corrected chi connectivity index (χ1v) is 9.14. The molecular formula is C20H34O4. The highest BCUT2D eigenvalue weighted by Crippen LogP contribution is 2.16. The van der Waals surface area contributed by atoms with Crippen LogP contribution >= 0.6 is 0 Å². The molecule has 0 saturated heterocycles. The Bertz CT molecular complexity index is 400. The molecule has 0 amide bonds. The number of hydrogen-bond acceptors (Lipinski definition) is 4. The standard InChI is InChI=1S/C20H34O4/c1-6-13-18(9-4)24-20(22)17(8-3)14-11-10-12-15-23-19(21)16(5)7-2/h9-10,12,16-18H,4,6-8,11,13-15H2,1-3,5H3/b12-10+. The first-order valence-electron chi connectivity index (χ1n) is 9.14. The Morgan fingerprint density at radius 2 is 1.75 bits per heavy atom. The predicted molar refractivity (Wildman–Crippen MR) is 97.6 cm³/mol. The Morgan fingerprint density at radius 1 is 1.04 bits per heavy atom. The van der Waals surface area contributed by atoms with Gasteiger partial charge in [-0.1, -0.05) is 58.9 Å². The summed E-state index contributed by atoms with van der Waals surface area (Å²) in [6, 6.07) is 0. The molecule has 0 aromatic heterocycles. The van der Waals surface area contributed by atoms with E-state index in [1.165, 1.54) is 0 Å². The van der Waals surface area contributed by atoms with Gasteiger partial charge < -0.3 is 9.47 Å². The highest BCUT2D eigenvalue weighted by Gasteiger charge is 2.19. The zero-order chi connectivity index (χ0) is 18.4. The van der Waals surface area contributed by atoms with Crippen molar-refractivity contribution in [2.75, 3.05) is 6.61 Å². The zero-order valence-corrected chi connectivity index (χ0v) is 15.8. The summed E-state index contributed by atoms with van der Waals surface area (Å²) in [4.78, 5) is 23.7. The van der Waals surface area contributed by atoms with Crippen LogP contribution in [0.5, 0.6) is 0 Å². The van der Waals surface area contributed by atoms with Crippen molar-refractivity contribution in [2.24, 2.45) is 11.8 Å². The normalized spacial score (nSPS) is 14.8. The molecule has 4 heteroatoms. The van der Waals surface area contributed by atoms with E-state index in [0.717, 1.165) is 38.5 Å². The first-order chi connectivity index (χ1) is 11.5. The summed E-state index contributed by atoms with van der Waals surface area (Å²) < 4.78 is 10.6. The molecule has 0 aliphatic rings. The molecule has 0 aromatic rings. The number of hydrogen-bond donors (Lipinski definition) is 0. The fourth-order valence-electron chi connectivity index (χ4n) is 2.17. The van der Waals surface area contributed by atoms with E-state index in [0.29, 0.717) is 6.61 Å². The van der Waals surface area contributed by atoms with Crippen LogP contribution < -0.4 is 0 Å². The summed E-state index contributed by atoms with van der Waals surface area (Å²) in [7, 11) is 0. The van der Waals surface area contributed by atoms with E-state index >= 15 is 0 Å². The van der Waals surface area contributed by atoms with E-state index in [1.807, 2.05) is 32.9 Å². The van der Waals surface area contributed by atoms with Crippen molar-refractivity contribution in [2.45, 2.75) is 72.3 Å². The average molecular weight is 338 g/mol. The van der Waals surface area contributed by atoms with Gasteiger partial charge in [0.1, 0.15) is 12.7 Å². The fraction of sp³-hybridized carbons (Fsp3) is 0.700. The Labute approximate surface area is 147 Å². The zero-order valence-electron chi connectivity index (χ0n) is 15.8. The largest absolute Gasteiger partial charge is 0.461 e. The second kappa shape index (κ2) is 13.8. The maximum atomic E-state index is 12.2. The van der Waals surface area contributed by atoms with Crippen LogP contribution in [0.3, 0.4) is 0 Å². The average Bonchev–Trinajstić information content (AvgIpc) is 2.59. The molecule has 0 aliphatic carbocycles. The first kappa shape index (κ1) is 22.4. The molecule has 0 saturated carbocycles. The molecule has 0 aliphatic heterocycles. The number of carbonyl (C=O) groups is 2. The second-order valence-electron chi connectivity index (χ2n) is 6.09. The number of esters is 2. The van der Waals surface area contributed by atoms with Gasteiger partial charge in [0, 0.05) is 0 Å². The van der Waals surface area contributed by atoms with Gasteiger partial charge >= 0.3 is 11.9 Å². The third-order valence-corrected chi connectivity index (χ3v) is 4.11. The van der Waals surface area contributed by atoms with Crippen molar-refractivity contribution in [1.82, 2.24) is 0 Å². The van der Waals surface area contributed by atoms with Crippen LogP contribution in [0.25, 0.3) is 0 Å². The lowest BCUT2D eigenvalue weighted by molar-refractivity contribution is -0.152. The van der Waals surface area contributed by atoms with Gasteiger partial charge in [0.05, 0.1) is 11.8 Å². The highest BCUT2D eigenvalue weighted by atomic mass is 16.5. The monoisotopic (exact) mass is 338 g/mol. The van der Waals surface area contributed by atoms with Crippen LogP contribution in [-0.2, 0) is 19.1 Å². The molecule has 0 bridgehead atoms. The summed E-state index contributed by atoms with van der Waals surface area (Å²) in [6.45, 7) is 11.9. The summed E-state index contributed by atoms with van der Waals surface area (Å²) in [6.07, 6.45) is 10.1. The predicted octanol–water partition coefficient (Wildman–Crippen LogP) is 4.84.